The number of hydrogen-bond donors (Lipinski definition) is 2. The lowest BCUT2D eigenvalue weighted by molar-refractivity contribution is -0.117. The molecule has 104 valence electrons. The van der Waals surface area contributed by atoms with Gasteiger partial charge < -0.3 is 11.1 Å². The molecule has 1 aliphatic rings. The van der Waals surface area contributed by atoms with Crippen LogP contribution < -0.4 is 11.1 Å². The number of nitrogens with two attached hydrogens (primary N) is 1. The van der Waals surface area contributed by atoms with Crippen molar-refractivity contribution in [3.05, 3.63) is 23.2 Å². The molecule has 1 heterocycles. The van der Waals surface area contributed by atoms with Gasteiger partial charge in [0, 0.05) is 17.3 Å². The largest absolute Gasteiger partial charge is 0.397 e. The molecule has 0 radical (unpaired) electrons. The zero-order valence-electron chi connectivity index (χ0n) is 10.7. The average Bonchev–Trinajstić information content (AvgIpc) is 2.62. The molecule has 0 spiro atoms. The fourth-order valence-corrected chi connectivity index (χ4v) is 3.08. The molecule has 0 saturated carbocycles. The van der Waals surface area contributed by atoms with E-state index >= 15 is 0 Å². The molecule has 3 N–H and O–H groups in total. The number of thioether (sulfide) groups is 1. The van der Waals surface area contributed by atoms with E-state index in [0.29, 0.717) is 22.9 Å². The van der Waals surface area contributed by atoms with Crippen molar-refractivity contribution in [3.8, 4) is 0 Å². The van der Waals surface area contributed by atoms with E-state index in [4.69, 9.17) is 17.3 Å². The Kier molecular flexibility index (Phi) is 5.36. The summed E-state index contributed by atoms with van der Waals surface area (Å²) in [5, 5.41) is 3.39. The second kappa shape index (κ2) is 7.03. The van der Waals surface area contributed by atoms with Gasteiger partial charge in [0.05, 0.1) is 17.9 Å². The van der Waals surface area contributed by atoms with Crippen LogP contribution in [0.15, 0.2) is 18.2 Å². The second-order valence-electron chi connectivity index (χ2n) is 4.52. The third-order valence-corrected chi connectivity index (χ3v) is 4.26. The Morgan fingerprint density at radius 2 is 2.26 bits per heavy atom. The van der Waals surface area contributed by atoms with Crippen LogP contribution in [0.2, 0.25) is 5.02 Å². The van der Waals surface area contributed by atoms with Crippen LogP contribution in [0.25, 0.3) is 0 Å². The second-order valence-corrected chi connectivity index (χ2v) is 6.18. The highest BCUT2D eigenvalue weighted by molar-refractivity contribution is 7.99. The number of anilines is 2. The molecule has 1 saturated heterocycles. The van der Waals surface area contributed by atoms with Gasteiger partial charge in [0.1, 0.15) is 0 Å². The lowest BCUT2D eigenvalue weighted by Gasteiger charge is -2.19. The van der Waals surface area contributed by atoms with E-state index in [1.54, 1.807) is 18.2 Å². The van der Waals surface area contributed by atoms with E-state index in [2.05, 4.69) is 10.2 Å². The molecule has 4 nitrogen and oxygen atoms in total. The average molecular weight is 300 g/mol. The molecule has 2 rings (SSSR count). The minimum atomic E-state index is -0.0409. The third-order valence-electron chi connectivity index (χ3n) is 2.97. The monoisotopic (exact) mass is 299 g/mol. The van der Waals surface area contributed by atoms with Gasteiger partial charge in [-0.3, -0.25) is 9.69 Å². The van der Waals surface area contributed by atoms with Crippen LogP contribution in [0.5, 0.6) is 0 Å². The van der Waals surface area contributed by atoms with Gasteiger partial charge >= 0.3 is 0 Å². The number of halogens is 1. The quantitative estimate of drug-likeness (QED) is 0.841. The van der Waals surface area contributed by atoms with Crippen LogP contribution in [-0.2, 0) is 4.79 Å². The Morgan fingerprint density at radius 1 is 1.42 bits per heavy atom. The van der Waals surface area contributed by atoms with E-state index in [1.165, 1.54) is 5.75 Å². The lowest BCUT2D eigenvalue weighted by Crippen LogP contribution is -2.34. The lowest BCUT2D eigenvalue weighted by atomic mass is 10.2. The van der Waals surface area contributed by atoms with Gasteiger partial charge in [0.15, 0.2) is 0 Å². The van der Waals surface area contributed by atoms with Crippen molar-refractivity contribution in [1.82, 2.24) is 4.90 Å². The SMILES string of the molecule is Nc1ccc(Cl)cc1NC(=O)CN1CCCSCC1. The van der Waals surface area contributed by atoms with Crippen LogP contribution in [0, 0.1) is 0 Å². The first-order chi connectivity index (χ1) is 9.15. The van der Waals surface area contributed by atoms with Crippen molar-refractivity contribution in [2.75, 3.05) is 42.2 Å². The Bertz CT molecular complexity index is 448. The summed E-state index contributed by atoms with van der Waals surface area (Å²) in [4.78, 5) is 14.2. The van der Waals surface area contributed by atoms with Crippen molar-refractivity contribution in [3.63, 3.8) is 0 Å². The maximum Gasteiger partial charge on any atom is 0.238 e. The van der Waals surface area contributed by atoms with Gasteiger partial charge in [0.25, 0.3) is 0 Å². The normalized spacial score (nSPS) is 16.9. The van der Waals surface area contributed by atoms with Gasteiger partial charge in [-0.25, -0.2) is 0 Å². The highest BCUT2D eigenvalue weighted by Crippen LogP contribution is 2.22. The van der Waals surface area contributed by atoms with Gasteiger partial charge in [0.2, 0.25) is 5.91 Å². The molecule has 19 heavy (non-hydrogen) atoms. The molecule has 0 bridgehead atoms. The van der Waals surface area contributed by atoms with E-state index in [-0.39, 0.29) is 5.91 Å². The van der Waals surface area contributed by atoms with E-state index < -0.39 is 0 Å². The molecule has 0 aromatic heterocycles. The number of nitrogens with zero attached hydrogens (tertiary/aromatic N) is 1. The number of amides is 1. The highest BCUT2D eigenvalue weighted by Gasteiger charge is 2.14. The van der Waals surface area contributed by atoms with Crippen molar-refractivity contribution < 1.29 is 4.79 Å². The smallest absolute Gasteiger partial charge is 0.238 e. The summed E-state index contributed by atoms with van der Waals surface area (Å²) in [7, 11) is 0. The number of carbonyl (C=O) groups excluding carboxylic acids is 1. The summed E-state index contributed by atoms with van der Waals surface area (Å²) < 4.78 is 0. The van der Waals surface area contributed by atoms with Crippen LogP contribution in [-0.4, -0.2) is 41.9 Å². The Morgan fingerprint density at radius 3 is 3.11 bits per heavy atom. The molecule has 1 aliphatic heterocycles. The first kappa shape index (κ1) is 14.5. The van der Waals surface area contributed by atoms with Crippen molar-refractivity contribution in [2.24, 2.45) is 0 Å². The number of nitrogen functional groups attached to an aromatic ring is 1. The van der Waals surface area contributed by atoms with Gasteiger partial charge in [-0.2, -0.15) is 11.8 Å². The summed E-state index contributed by atoms with van der Waals surface area (Å²) in [6.45, 7) is 2.35. The standard InChI is InChI=1S/C13H18ClN3OS/c14-10-2-3-11(15)12(8-10)16-13(18)9-17-4-1-6-19-7-5-17/h2-3,8H,1,4-7,9,15H2,(H,16,18). The van der Waals surface area contributed by atoms with Gasteiger partial charge in [-0.05, 0) is 36.9 Å². The predicted octanol–water partition coefficient (Wildman–Crippen LogP) is 2.30. The van der Waals surface area contributed by atoms with Crippen molar-refractivity contribution in [2.45, 2.75) is 6.42 Å². The molecular formula is C13H18ClN3OS. The molecule has 0 aliphatic carbocycles. The van der Waals surface area contributed by atoms with E-state index in [1.807, 2.05) is 11.8 Å². The fraction of sp³-hybridized carbons (Fsp3) is 0.462. The van der Waals surface area contributed by atoms with Crippen LogP contribution >= 0.6 is 23.4 Å². The Balaban J connectivity index is 1.91. The molecule has 1 aromatic carbocycles. The Hall–Kier alpha value is -0.910. The van der Waals surface area contributed by atoms with Gasteiger partial charge in [-0.1, -0.05) is 11.6 Å². The topological polar surface area (TPSA) is 58.4 Å². The van der Waals surface area contributed by atoms with E-state index in [9.17, 15) is 4.79 Å². The summed E-state index contributed by atoms with van der Waals surface area (Å²) in [5.41, 5.74) is 6.92. The number of hydrogen-bond acceptors (Lipinski definition) is 4. The molecular weight excluding hydrogens is 282 g/mol. The van der Waals surface area contributed by atoms with Crippen molar-refractivity contribution >= 4 is 40.6 Å². The number of benzene rings is 1. The predicted molar refractivity (Wildman–Crippen MR) is 82.9 cm³/mol. The van der Waals surface area contributed by atoms with Crippen molar-refractivity contribution in [1.29, 1.82) is 0 Å². The van der Waals surface area contributed by atoms with Crippen LogP contribution in [0.4, 0.5) is 11.4 Å². The zero-order chi connectivity index (χ0) is 13.7. The summed E-state index contributed by atoms with van der Waals surface area (Å²) >= 11 is 7.84. The molecule has 0 atom stereocenters. The summed E-state index contributed by atoms with van der Waals surface area (Å²) in [6.07, 6.45) is 1.14. The fourth-order valence-electron chi connectivity index (χ4n) is 1.99. The maximum absolute atomic E-state index is 12.0. The van der Waals surface area contributed by atoms with Gasteiger partial charge in [-0.15, -0.1) is 0 Å². The number of nitrogens with one attached hydrogen (secondary N) is 1. The van der Waals surface area contributed by atoms with Crippen LogP contribution in [0.1, 0.15) is 6.42 Å². The van der Waals surface area contributed by atoms with Crippen LogP contribution in [0.3, 0.4) is 0 Å². The molecule has 6 heteroatoms. The zero-order valence-corrected chi connectivity index (χ0v) is 12.3. The number of rotatable bonds is 3. The molecule has 1 amide bonds. The Labute approximate surface area is 122 Å². The minimum Gasteiger partial charge on any atom is -0.397 e. The third kappa shape index (κ3) is 4.60. The molecule has 0 unspecified atom stereocenters. The highest BCUT2D eigenvalue weighted by atomic mass is 35.5. The summed E-state index contributed by atoms with van der Waals surface area (Å²) in [6, 6.07) is 5.08. The maximum atomic E-state index is 12.0. The minimum absolute atomic E-state index is 0.0409. The first-order valence-electron chi connectivity index (χ1n) is 6.30. The first-order valence-corrected chi connectivity index (χ1v) is 7.83. The van der Waals surface area contributed by atoms with E-state index in [0.717, 1.165) is 25.3 Å². The molecule has 1 fully saturated rings. The number of carbonyl (C=O) groups is 1. The molecule has 1 aromatic rings. The summed E-state index contributed by atoms with van der Waals surface area (Å²) in [5.74, 6) is 2.23.